The van der Waals surface area contributed by atoms with Crippen molar-refractivity contribution in [2.45, 2.75) is 19.2 Å². The number of thioether (sulfide) groups is 1. The van der Waals surface area contributed by atoms with Crippen LogP contribution in [0.25, 0.3) is 0 Å². The number of benzene rings is 1. The van der Waals surface area contributed by atoms with E-state index in [1.54, 1.807) is 23.2 Å². The highest BCUT2D eigenvalue weighted by Crippen LogP contribution is 2.35. The van der Waals surface area contributed by atoms with E-state index >= 15 is 0 Å². The van der Waals surface area contributed by atoms with Gasteiger partial charge in [-0.3, -0.25) is 4.79 Å². The second-order valence-corrected chi connectivity index (χ2v) is 8.13. The van der Waals surface area contributed by atoms with E-state index in [9.17, 15) is 4.79 Å². The smallest absolute Gasteiger partial charge is 0.237 e. The van der Waals surface area contributed by atoms with Crippen LogP contribution in [0.1, 0.15) is 16.6 Å². The molecule has 0 bridgehead atoms. The lowest BCUT2D eigenvalue weighted by molar-refractivity contribution is -0.116. The van der Waals surface area contributed by atoms with Crippen LogP contribution in [0.3, 0.4) is 0 Å². The normalized spacial score (nSPS) is 12.8. The molecule has 0 atom stereocenters. The van der Waals surface area contributed by atoms with E-state index in [2.05, 4.69) is 10.1 Å². The van der Waals surface area contributed by atoms with Gasteiger partial charge < -0.3 is 18.9 Å². The monoisotopic (exact) mass is 417 g/mol. The lowest BCUT2D eigenvalue weighted by Gasteiger charge is -2.25. The quantitative estimate of drug-likeness (QED) is 0.580. The molecule has 0 N–H and O–H groups in total. The van der Waals surface area contributed by atoms with E-state index in [1.807, 2.05) is 35.7 Å². The van der Waals surface area contributed by atoms with Crippen LogP contribution in [-0.2, 0) is 17.1 Å². The van der Waals surface area contributed by atoms with Gasteiger partial charge in [0.15, 0.2) is 17.3 Å². The Kier molecular flexibility index (Phi) is 5.82. The average Bonchev–Trinajstić information content (AvgIpc) is 3.37. The van der Waals surface area contributed by atoms with Crippen LogP contribution >= 0.6 is 23.1 Å². The molecule has 4 rings (SSSR count). The summed E-state index contributed by atoms with van der Waals surface area (Å²) in [4.78, 5) is 20.1. The van der Waals surface area contributed by atoms with E-state index in [1.165, 1.54) is 11.8 Å². The molecular weight excluding hydrogens is 398 g/mol. The molecule has 1 aliphatic rings. The van der Waals surface area contributed by atoms with Crippen LogP contribution in [0.5, 0.6) is 11.5 Å². The van der Waals surface area contributed by atoms with Crippen LogP contribution in [0, 0.1) is 6.92 Å². The number of aryl methyl sites for hydroxylation is 1. The van der Waals surface area contributed by atoms with Crippen molar-refractivity contribution in [2.75, 3.05) is 23.9 Å². The molecule has 0 aliphatic carbocycles. The van der Waals surface area contributed by atoms with Gasteiger partial charge in [-0.25, -0.2) is 0 Å². The number of carbonyl (C=O) groups excluding carboxylic acids is 1. The third kappa shape index (κ3) is 4.48. The third-order valence-corrected chi connectivity index (χ3v) is 5.83. The number of aromatic nitrogens is 2. The molecule has 2 aromatic heterocycles. The Hall–Kier alpha value is -2.52. The summed E-state index contributed by atoms with van der Waals surface area (Å²) in [5.74, 6) is 3.35. The lowest BCUT2D eigenvalue weighted by atomic mass is 10.2. The van der Waals surface area contributed by atoms with Crippen molar-refractivity contribution in [1.82, 2.24) is 10.1 Å². The number of nitrogens with zero attached hydrogens (tertiary/aromatic N) is 3. The van der Waals surface area contributed by atoms with Gasteiger partial charge in [0, 0.05) is 23.6 Å². The SMILES string of the molecule is Cc1nc(CSCC(=O)N(Cc2cccs2)c2ccc3c(c2)OCCO3)no1. The minimum atomic E-state index is 0.00953. The van der Waals surface area contributed by atoms with Crippen LogP contribution in [0.15, 0.2) is 40.2 Å². The highest BCUT2D eigenvalue weighted by atomic mass is 32.2. The van der Waals surface area contributed by atoms with Gasteiger partial charge >= 0.3 is 0 Å². The van der Waals surface area contributed by atoms with Gasteiger partial charge in [-0.1, -0.05) is 11.2 Å². The highest BCUT2D eigenvalue weighted by Gasteiger charge is 2.20. The van der Waals surface area contributed by atoms with Crippen molar-refractivity contribution in [1.29, 1.82) is 0 Å². The second kappa shape index (κ2) is 8.66. The minimum Gasteiger partial charge on any atom is -0.486 e. The van der Waals surface area contributed by atoms with Gasteiger partial charge in [-0.2, -0.15) is 4.98 Å². The first-order valence-corrected chi connectivity index (χ1v) is 10.8. The molecule has 1 aliphatic heterocycles. The summed E-state index contributed by atoms with van der Waals surface area (Å²) >= 11 is 3.09. The Morgan fingerprint density at radius 3 is 2.86 bits per heavy atom. The van der Waals surface area contributed by atoms with E-state index < -0.39 is 0 Å². The summed E-state index contributed by atoms with van der Waals surface area (Å²) in [5.41, 5.74) is 0.790. The summed E-state index contributed by atoms with van der Waals surface area (Å²) < 4.78 is 16.2. The van der Waals surface area contributed by atoms with Crippen LogP contribution in [0.4, 0.5) is 5.69 Å². The molecule has 28 heavy (non-hydrogen) atoms. The average molecular weight is 418 g/mol. The van der Waals surface area contributed by atoms with Gasteiger partial charge in [0.2, 0.25) is 11.8 Å². The predicted octanol–water partition coefficient (Wildman–Crippen LogP) is 3.68. The van der Waals surface area contributed by atoms with Gasteiger partial charge in [0.25, 0.3) is 0 Å². The first kappa shape index (κ1) is 18.8. The molecule has 1 amide bonds. The molecule has 3 aromatic rings. The first-order chi connectivity index (χ1) is 13.7. The van der Waals surface area contributed by atoms with E-state index in [-0.39, 0.29) is 5.91 Å². The number of amides is 1. The third-order valence-electron chi connectivity index (χ3n) is 4.06. The number of fused-ring (bicyclic) bond motifs is 1. The molecule has 0 saturated carbocycles. The number of thiophene rings is 1. The Balaban J connectivity index is 1.48. The second-order valence-electron chi connectivity index (χ2n) is 6.11. The van der Waals surface area contributed by atoms with Crippen LogP contribution < -0.4 is 14.4 Å². The van der Waals surface area contributed by atoms with Crippen molar-refractivity contribution in [3.8, 4) is 11.5 Å². The van der Waals surface area contributed by atoms with Gasteiger partial charge in [0.1, 0.15) is 13.2 Å². The Bertz CT molecular complexity index is 943. The van der Waals surface area contributed by atoms with Gasteiger partial charge in [-0.15, -0.1) is 23.1 Å². The summed E-state index contributed by atoms with van der Waals surface area (Å²) in [6.07, 6.45) is 0. The van der Waals surface area contributed by atoms with Crippen molar-refractivity contribution >= 4 is 34.7 Å². The van der Waals surface area contributed by atoms with Gasteiger partial charge in [0.05, 0.1) is 18.1 Å². The minimum absolute atomic E-state index is 0.00953. The number of rotatable bonds is 7. The maximum Gasteiger partial charge on any atom is 0.237 e. The first-order valence-electron chi connectivity index (χ1n) is 8.78. The Morgan fingerprint density at radius 2 is 2.11 bits per heavy atom. The molecule has 0 unspecified atom stereocenters. The molecule has 1 aromatic carbocycles. The number of hydrogen-bond donors (Lipinski definition) is 0. The zero-order valence-corrected chi connectivity index (χ0v) is 16.9. The van der Waals surface area contributed by atoms with Crippen molar-refractivity contribution in [3.05, 3.63) is 52.3 Å². The molecule has 9 heteroatoms. The van der Waals surface area contributed by atoms with Crippen LogP contribution in [-0.4, -0.2) is 35.0 Å². The zero-order valence-electron chi connectivity index (χ0n) is 15.3. The number of hydrogen-bond acceptors (Lipinski definition) is 8. The lowest BCUT2D eigenvalue weighted by Crippen LogP contribution is -2.31. The highest BCUT2D eigenvalue weighted by molar-refractivity contribution is 7.99. The predicted molar refractivity (Wildman–Crippen MR) is 108 cm³/mol. The number of carbonyl (C=O) groups is 1. The molecule has 7 nitrogen and oxygen atoms in total. The summed E-state index contributed by atoms with van der Waals surface area (Å²) in [5, 5.41) is 5.87. The molecule has 3 heterocycles. The van der Waals surface area contributed by atoms with E-state index in [0.717, 1.165) is 10.6 Å². The molecule has 146 valence electrons. The van der Waals surface area contributed by atoms with Crippen LogP contribution in [0.2, 0.25) is 0 Å². The molecular formula is C19H19N3O4S2. The standard InChI is InChI=1S/C19H19N3O4S2/c1-13-20-18(21-26-13)11-27-12-19(23)22(10-15-3-2-8-28-15)14-4-5-16-17(9-14)25-7-6-24-16/h2-5,8-9H,6-7,10-12H2,1H3. The fourth-order valence-corrected chi connectivity index (χ4v) is 4.21. The van der Waals surface area contributed by atoms with Crippen molar-refractivity contribution in [2.24, 2.45) is 0 Å². The van der Waals surface area contributed by atoms with E-state index in [4.69, 9.17) is 14.0 Å². The summed E-state index contributed by atoms with van der Waals surface area (Å²) in [7, 11) is 0. The maximum atomic E-state index is 13.0. The molecule has 0 spiro atoms. The molecule has 0 fully saturated rings. The Labute approximate surface area is 170 Å². The van der Waals surface area contributed by atoms with Crippen molar-refractivity contribution in [3.63, 3.8) is 0 Å². The van der Waals surface area contributed by atoms with E-state index in [0.29, 0.717) is 54.5 Å². The van der Waals surface area contributed by atoms with Crippen molar-refractivity contribution < 1.29 is 18.8 Å². The maximum absolute atomic E-state index is 13.0. The Morgan fingerprint density at radius 1 is 1.25 bits per heavy atom. The van der Waals surface area contributed by atoms with Gasteiger partial charge in [-0.05, 0) is 23.6 Å². The summed E-state index contributed by atoms with van der Waals surface area (Å²) in [6, 6.07) is 9.63. The molecule has 0 radical (unpaired) electrons. The fourth-order valence-electron chi connectivity index (χ4n) is 2.79. The number of ether oxygens (including phenoxy) is 2. The fraction of sp³-hybridized carbons (Fsp3) is 0.316. The molecule has 0 saturated heterocycles. The summed E-state index contributed by atoms with van der Waals surface area (Å²) in [6.45, 7) is 3.31. The zero-order chi connectivity index (χ0) is 19.3. The number of anilines is 1. The largest absolute Gasteiger partial charge is 0.486 e. The topological polar surface area (TPSA) is 77.7 Å².